The zero-order valence-corrected chi connectivity index (χ0v) is 15.3. The number of aliphatic hydroxyl groups is 1. The van der Waals surface area contributed by atoms with Gasteiger partial charge in [0, 0.05) is 30.7 Å². The Morgan fingerprint density at radius 1 is 1.20 bits per heavy atom. The van der Waals surface area contributed by atoms with Crippen LogP contribution >= 0.6 is 11.3 Å². The fourth-order valence-electron chi connectivity index (χ4n) is 3.64. The van der Waals surface area contributed by atoms with Crippen molar-refractivity contribution in [3.05, 3.63) is 48.4 Å². The molecule has 0 bridgehead atoms. The fraction of sp³-hybridized carbons (Fsp3) is 0.400. The van der Waals surface area contributed by atoms with E-state index in [2.05, 4.69) is 33.6 Å². The first-order valence-electron chi connectivity index (χ1n) is 8.90. The number of aromatic nitrogens is 3. The summed E-state index contributed by atoms with van der Waals surface area (Å²) in [6.07, 6.45) is 10.7. The summed E-state index contributed by atoms with van der Waals surface area (Å²) >= 11 is 1.67. The molecule has 4 rings (SSSR count). The van der Waals surface area contributed by atoms with Gasteiger partial charge in [-0.1, -0.05) is 37.1 Å². The van der Waals surface area contributed by atoms with E-state index in [-0.39, 0.29) is 0 Å². The van der Waals surface area contributed by atoms with Gasteiger partial charge in [-0.25, -0.2) is 9.97 Å². The average Bonchev–Trinajstić information content (AvgIpc) is 3.34. The van der Waals surface area contributed by atoms with Crippen molar-refractivity contribution in [2.75, 3.05) is 0 Å². The summed E-state index contributed by atoms with van der Waals surface area (Å²) in [7, 11) is 0. The molecule has 130 valence electrons. The fourth-order valence-corrected chi connectivity index (χ4v) is 4.66. The van der Waals surface area contributed by atoms with Crippen LogP contribution in [0.15, 0.2) is 42.9 Å². The minimum absolute atomic E-state index is 0.485. The van der Waals surface area contributed by atoms with Gasteiger partial charge >= 0.3 is 0 Å². The molecule has 5 heteroatoms. The Kier molecular flexibility index (Phi) is 4.44. The Morgan fingerprint density at radius 2 is 2.00 bits per heavy atom. The topological polar surface area (TPSA) is 50.9 Å². The highest BCUT2D eigenvalue weighted by molar-refractivity contribution is 7.18. The smallest absolute Gasteiger partial charge is 0.151 e. The second kappa shape index (κ2) is 6.73. The molecule has 0 saturated heterocycles. The van der Waals surface area contributed by atoms with Gasteiger partial charge in [-0.3, -0.25) is 0 Å². The Balaban J connectivity index is 1.55. The van der Waals surface area contributed by atoms with E-state index in [0.29, 0.717) is 0 Å². The van der Waals surface area contributed by atoms with E-state index in [0.717, 1.165) is 54.4 Å². The number of nitrogens with zero attached hydrogens (tertiary/aromatic N) is 3. The highest BCUT2D eigenvalue weighted by Gasteiger charge is 2.30. The summed E-state index contributed by atoms with van der Waals surface area (Å²) in [4.78, 5) is 10.2. The third-order valence-electron chi connectivity index (χ3n) is 5.17. The van der Waals surface area contributed by atoms with Crippen LogP contribution in [-0.4, -0.2) is 25.2 Å². The van der Waals surface area contributed by atoms with Crippen LogP contribution in [-0.2, 0) is 6.54 Å². The van der Waals surface area contributed by atoms with Crippen LogP contribution in [0.3, 0.4) is 0 Å². The van der Waals surface area contributed by atoms with E-state index < -0.39 is 5.60 Å². The molecular weight excluding hydrogens is 330 g/mol. The summed E-state index contributed by atoms with van der Waals surface area (Å²) in [6.45, 7) is 2.91. The molecule has 0 unspecified atom stereocenters. The van der Waals surface area contributed by atoms with Gasteiger partial charge in [-0.15, -0.1) is 11.3 Å². The van der Waals surface area contributed by atoms with E-state index in [1.54, 1.807) is 11.3 Å². The highest BCUT2D eigenvalue weighted by Crippen LogP contribution is 2.35. The first-order valence-corrected chi connectivity index (χ1v) is 9.72. The molecule has 1 aliphatic rings. The van der Waals surface area contributed by atoms with Crippen LogP contribution in [0.4, 0.5) is 0 Å². The van der Waals surface area contributed by atoms with E-state index in [4.69, 9.17) is 0 Å². The molecule has 3 aromatic rings. The van der Waals surface area contributed by atoms with Crippen LogP contribution in [0.5, 0.6) is 0 Å². The van der Waals surface area contributed by atoms with Crippen LogP contribution in [0.25, 0.3) is 21.3 Å². The van der Waals surface area contributed by atoms with Crippen molar-refractivity contribution in [1.29, 1.82) is 0 Å². The number of imidazole rings is 1. The van der Waals surface area contributed by atoms with Gasteiger partial charge in [-0.05, 0) is 31.7 Å². The van der Waals surface area contributed by atoms with Gasteiger partial charge in [0.15, 0.2) is 5.82 Å². The van der Waals surface area contributed by atoms with Crippen molar-refractivity contribution in [3.63, 3.8) is 0 Å². The van der Waals surface area contributed by atoms with Crippen LogP contribution in [0, 0.1) is 6.92 Å². The second-order valence-corrected chi connectivity index (χ2v) is 8.00. The first kappa shape index (κ1) is 16.5. The molecule has 25 heavy (non-hydrogen) atoms. The largest absolute Gasteiger partial charge is 0.390 e. The minimum Gasteiger partial charge on any atom is -0.390 e. The molecule has 1 saturated carbocycles. The van der Waals surface area contributed by atoms with Crippen molar-refractivity contribution >= 4 is 11.3 Å². The SMILES string of the molecule is Cc1ccccc1-c1ncc(-c2nccn2CCC2(O)CCCC2)s1. The quantitative estimate of drug-likeness (QED) is 0.725. The Labute approximate surface area is 152 Å². The summed E-state index contributed by atoms with van der Waals surface area (Å²) in [5.74, 6) is 0.943. The molecule has 2 aromatic heterocycles. The third-order valence-corrected chi connectivity index (χ3v) is 6.20. The molecule has 0 atom stereocenters. The van der Waals surface area contributed by atoms with Gasteiger partial charge < -0.3 is 9.67 Å². The minimum atomic E-state index is -0.485. The third kappa shape index (κ3) is 3.39. The van der Waals surface area contributed by atoms with Crippen molar-refractivity contribution in [1.82, 2.24) is 14.5 Å². The van der Waals surface area contributed by atoms with Crippen LogP contribution in [0.2, 0.25) is 0 Å². The van der Waals surface area contributed by atoms with Gasteiger partial charge in [0.2, 0.25) is 0 Å². The lowest BCUT2D eigenvalue weighted by molar-refractivity contribution is 0.0346. The molecule has 0 radical (unpaired) electrons. The molecule has 0 spiro atoms. The molecule has 2 heterocycles. The normalized spacial score (nSPS) is 16.4. The number of rotatable bonds is 5. The van der Waals surface area contributed by atoms with Gasteiger partial charge in [0.1, 0.15) is 5.01 Å². The van der Waals surface area contributed by atoms with Gasteiger partial charge in [-0.2, -0.15) is 0 Å². The molecule has 4 nitrogen and oxygen atoms in total. The van der Waals surface area contributed by atoms with E-state index in [9.17, 15) is 5.11 Å². The van der Waals surface area contributed by atoms with Gasteiger partial charge in [0.25, 0.3) is 0 Å². The van der Waals surface area contributed by atoms with E-state index >= 15 is 0 Å². The maximum absolute atomic E-state index is 10.6. The number of hydrogen-bond donors (Lipinski definition) is 1. The number of aryl methyl sites for hydroxylation is 2. The van der Waals surface area contributed by atoms with Crippen molar-refractivity contribution in [2.24, 2.45) is 0 Å². The summed E-state index contributed by atoms with van der Waals surface area (Å²) < 4.78 is 2.14. The second-order valence-electron chi connectivity index (χ2n) is 6.97. The molecule has 1 fully saturated rings. The zero-order valence-electron chi connectivity index (χ0n) is 14.5. The predicted octanol–water partition coefficient (Wildman–Crippen LogP) is 4.68. The highest BCUT2D eigenvalue weighted by atomic mass is 32.1. The molecular formula is C20H23N3OS. The monoisotopic (exact) mass is 353 g/mol. The van der Waals surface area contributed by atoms with Crippen LogP contribution < -0.4 is 0 Å². The van der Waals surface area contributed by atoms with Crippen molar-refractivity contribution in [3.8, 4) is 21.3 Å². The molecule has 1 N–H and O–H groups in total. The summed E-state index contributed by atoms with van der Waals surface area (Å²) in [5, 5.41) is 11.6. The maximum Gasteiger partial charge on any atom is 0.151 e. The maximum atomic E-state index is 10.6. The first-order chi connectivity index (χ1) is 12.1. The summed E-state index contributed by atoms with van der Waals surface area (Å²) in [5.41, 5.74) is 1.92. The predicted molar refractivity (Wildman–Crippen MR) is 102 cm³/mol. The average molecular weight is 353 g/mol. The van der Waals surface area contributed by atoms with E-state index in [1.807, 2.05) is 30.7 Å². The molecule has 1 aromatic carbocycles. The number of hydrogen-bond acceptors (Lipinski definition) is 4. The lowest BCUT2D eigenvalue weighted by Gasteiger charge is -2.22. The lowest BCUT2D eigenvalue weighted by atomic mass is 9.98. The van der Waals surface area contributed by atoms with Gasteiger partial charge in [0.05, 0.1) is 10.5 Å². The number of benzene rings is 1. The number of thiazole rings is 1. The lowest BCUT2D eigenvalue weighted by Crippen LogP contribution is -2.25. The Hall–Kier alpha value is -1.98. The molecule has 1 aliphatic carbocycles. The molecule has 0 amide bonds. The Bertz CT molecular complexity index is 861. The summed E-state index contributed by atoms with van der Waals surface area (Å²) in [6, 6.07) is 8.32. The van der Waals surface area contributed by atoms with Crippen molar-refractivity contribution < 1.29 is 5.11 Å². The zero-order chi connectivity index (χ0) is 17.3. The van der Waals surface area contributed by atoms with Crippen LogP contribution in [0.1, 0.15) is 37.7 Å². The standard InChI is InChI=1S/C20H23N3OS/c1-15-6-2-3-7-16(15)19-22-14-17(25-19)18-21-11-13-23(18)12-10-20(24)8-4-5-9-20/h2-3,6-7,11,13-14,24H,4-5,8-10,12H2,1H3. The molecule has 0 aliphatic heterocycles. The van der Waals surface area contributed by atoms with Crippen molar-refractivity contribution in [2.45, 2.75) is 51.2 Å². The Morgan fingerprint density at radius 3 is 2.80 bits per heavy atom. The van der Waals surface area contributed by atoms with E-state index in [1.165, 1.54) is 11.1 Å².